The van der Waals surface area contributed by atoms with Crippen molar-refractivity contribution in [1.82, 2.24) is 10.2 Å². The number of hydrogen-bond acceptors (Lipinski definition) is 2. The lowest BCUT2D eigenvalue weighted by Crippen LogP contribution is -2.47. The molecule has 1 fully saturated rings. The van der Waals surface area contributed by atoms with Crippen LogP contribution in [-0.4, -0.2) is 36.5 Å². The molecule has 1 rings (SSSR count). The number of rotatable bonds is 5. The number of nitrogens with one attached hydrogen (secondary N) is 1. The zero-order chi connectivity index (χ0) is 13.7. The second kappa shape index (κ2) is 7.13. The first kappa shape index (κ1) is 15.5. The topological polar surface area (TPSA) is 32.3 Å². The SMILES string of the molecule is CC(C)CC(=O)NC(C)CN1CC(C)CC(C)C1. The van der Waals surface area contributed by atoms with Crippen LogP contribution in [0.25, 0.3) is 0 Å². The van der Waals surface area contributed by atoms with Gasteiger partial charge in [0.1, 0.15) is 0 Å². The Kier molecular flexibility index (Phi) is 6.13. The van der Waals surface area contributed by atoms with Crippen LogP contribution in [0.5, 0.6) is 0 Å². The average Bonchev–Trinajstić information content (AvgIpc) is 2.12. The van der Waals surface area contributed by atoms with Crippen LogP contribution in [0.1, 0.15) is 47.5 Å². The van der Waals surface area contributed by atoms with Crippen LogP contribution in [0.15, 0.2) is 0 Å². The van der Waals surface area contributed by atoms with Gasteiger partial charge in [0, 0.05) is 32.1 Å². The van der Waals surface area contributed by atoms with E-state index < -0.39 is 0 Å². The minimum absolute atomic E-state index is 0.190. The number of likely N-dealkylation sites (tertiary alicyclic amines) is 1. The summed E-state index contributed by atoms with van der Waals surface area (Å²) in [5, 5.41) is 3.11. The summed E-state index contributed by atoms with van der Waals surface area (Å²) in [5.74, 6) is 2.20. The molecule has 1 aliphatic heterocycles. The number of amides is 1. The Bertz CT molecular complexity index is 255. The fraction of sp³-hybridized carbons (Fsp3) is 0.933. The van der Waals surface area contributed by atoms with Gasteiger partial charge >= 0.3 is 0 Å². The Morgan fingerprint density at radius 1 is 1.22 bits per heavy atom. The van der Waals surface area contributed by atoms with E-state index in [0.717, 1.165) is 18.4 Å². The molecule has 1 heterocycles. The largest absolute Gasteiger partial charge is 0.352 e. The predicted octanol–water partition coefficient (Wildman–Crippen LogP) is 2.52. The number of hydrogen-bond donors (Lipinski definition) is 1. The van der Waals surface area contributed by atoms with Gasteiger partial charge in [0.05, 0.1) is 0 Å². The number of piperidine rings is 1. The maximum absolute atomic E-state index is 11.7. The molecule has 0 spiro atoms. The Hall–Kier alpha value is -0.570. The molecular weight excluding hydrogens is 224 g/mol. The monoisotopic (exact) mass is 254 g/mol. The third kappa shape index (κ3) is 5.85. The first-order valence-corrected chi connectivity index (χ1v) is 7.38. The van der Waals surface area contributed by atoms with Crippen LogP contribution in [0, 0.1) is 17.8 Å². The van der Waals surface area contributed by atoms with Gasteiger partial charge in [0.25, 0.3) is 0 Å². The zero-order valence-corrected chi connectivity index (χ0v) is 12.7. The van der Waals surface area contributed by atoms with Gasteiger partial charge in [-0.2, -0.15) is 0 Å². The van der Waals surface area contributed by atoms with Crippen molar-refractivity contribution in [1.29, 1.82) is 0 Å². The van der Waals surface area contributed by atoms with E-state index in [9.17, 15) is 4.79 Å². The molecule has 1 aliphatic rings. The van der Waals surface area contributed by atoms with Gasteiger partial charge in [-0.15, -0.1) is 0 Å². The van der Waals surface area contributed by atoms with Gasteiger partial charge < -0.3 is 10.2 Å². The van der Waals surface area contributed by atoms with E-state index in [4.69, 9.17) is 0 Å². The summed E-state index contributed by atoms with van der Waals surface area (Å²) in [6, 6.07) is 0.258. The van der Waals surface area contributed by atoms with Crippen LogP contribution in [0.3, 0.4) is 0 Å². The van der Waals surface area contributed by atoms with Gasteiger partial charge in [0.15, 0.2) is 0 Å². The quantitative estimate of drug-likeness (QED) is 0.817. The van der Waals surface area contributed by atoms with Gasteiger partial charge in [-0.1, -0.05) is 27.7 Å². The summed E-state index contributed by atoms with van der Waals surface area (Å²) in [5.41, 5.74) is 0. The number of carbonyl (C=O) groups is 1. The van der Waals surface area contributed by atoms with Gasteiger partial charge in [-0.3, -0.25) is 4.79 Å². The molecule has 0 aromatic rings. The third-order valence-electron chi connectivity index (χ3n) is 3.48. The van der Waals surface area contributed by atoms with Gasteiger partial charge in [0.2, 0.25) is 5.91 Å². The van der Waals surface area contributed by atoms with E-state index in [1.807, 2.05) is 0 Å². The Balaban J connectivity index is 2.30. The number of nitrogens with zero attached hydrogens (tertiary/aromatic N) is 1. The van der Waals surface area contributed by atoms with Crippen molar-refractivity contribution >= 4 is 5.91 Å². The van der Waals surface area contributed by atoms with Gasteiger partial charge in [-0.25, -0.2) is 0 Å². The molecule has 1 amide bonds. The molecule has 1 saturated heterocycles. The fourth-order valence-electron chi connectivity index (χ4n) is 3.08. The molecule has 0 aromatic carbocycles. The standard InChI is InChI=1S/C15H30N2O/c1-11(2)6-15(18)16-14(5)10-17-8-12(3)7-13(4)9-17/h11-14H,6-10H2,1-5H3,(H,16,18). The highest BCUT2D eigenvalue weighted by Crippen LogP contribution is 2.20. The summed E-state index contributed by atoms with van der Waals surface area (Å²) in [6.07, 6.45) is 1.97. The summed E-state index contributed by atoms with van der Waals surface area (Å²) in [6.45, 7) is 14.3. The molecule has 0 aliphatic carbocycles. The van der Waals surface area contributed by atoms with E-state index in [2.05, 4.69) is 44.8 Å². The summed E-state index contributed by atoms with van der Waals surface area (Å²) >= 11 is 0. The maximum Gasteiger partial charge on any atom is 0.220 e. The highest BCUT2D eigenvalue weighted by molar-refractivity contribution is 5.76. The predicted molar refractivity (Wildman–Crippen MR) is 76.4 cm³/mol. The van der Waals surface area contributed by atoms with Crippen LogP contribution in [0.2, 0.25) is 0 Å². The normalized spacial score (nSPS) is 27.2. The molecular formula is C15H30N2O. The van der Waals surface area contributed by atoms with Crippen molar-refractivity contribution in [2.75, 3.05) is 19.6 Å². The molecule has 0 radical (unpaired) electrons. The second-order valence-corrected chi connectivity index (χ2v) is 6.73. The van der Waals surface area contributed by atoms with E-state index in [1.165, 1.54) is 19.5 Å². The van der Waals surface area contributed by atoms with E-state index >= 15 is 0 Å². The van der Waals surface area contributed by atoms with Crippen molar-refractivity contribution in [2.24, 2.45) is 17.8 Å². The van der Waals surface area contributed by atoms with Crippen molar-refractivity contribution in [2.45, 2.75) is 53.5 Å². The second-order valence-electron chi connectivity index (χ2n) is 6.73. The molecule has 0 bridgehead atoms. The third-order valence-corrected chi connectivity index (χ3v) is 3.48. The van der Waals surface area contributed by atoms with Crippen molar-refractivity contribution < 1.29 is 4.79 Å². The lowest BCUT2D eigenvalue weighted by Gasteiger charge is -2.36. The minimum Gasteiger partial charge on any atom is -0.352 e. The number of carbonyl (C=O) groups excluding carboxylic acids is 1. The molecule has 18 heavy (non-hydrogen) atoms. The maximum atomic E-state index is 11.7. The first-order valence-electron chi connectivity index (χ1n) is 7.38. The van der Waals surface area contributed by atoms with E-state index in [0.29, 0.717) is 12.3 Å². The molecule has 3 nitrogen and oxygen atoms in total. The van der Waals surface area contributed by atoms with Crippen LogP contribution < -0.4 is 5.32 Å². The zero-order valence-electron chi connectivity index (χ0n) is 12.7. The van der Waals surface area contributed by atoms with Crippen molar-refractivity contribution in [3.63, 3.8) is 0 Å². The minimum atomic E-state index is 0.190. The van der Waals surface area contributed by atoms with E-state index in [1.54, 1.807) is 0 Å². The summed E-state index contributed by atoms with van der Waals surface area (Å²) in [7, 11) is 0. The summed E-state index contributed by atoms with van der Waals surface area (Å²) in [4.78, 5) is 14.2. The highest BCUT2D eigenvalue weighted by atomic mass is 16.1. The van der Waals surface area contributed by atoms with Gasteiger partial charge in [-0.05, 0) is 31.1 Å². The van der Waals surface area contributed by atoms with E-state index in [-0.39, 0.29) is 11.9 Å². The molecule has 106 valence electrons. The molecule has 3 unspecified atom stereocenters. The van der Waals surface area contributed by atoms with Crippen LogP contribution in [-0.2, 0) is 4.79 Å². The Labute approximate surface area is 112 Å². The average molecular weight is 254 g/mol. The first-order chi connectivity index (χ1) is 8.36. The molecule has 0 saturated carbocycles. The van der Waals surface area contributed by atoms with Crippen molar-refractivity contribution in [3.05, 3.63) is 0 Å². The molecule has 1 N–H and O–H groups in total. The highest BCUT2D eigenvalue weighted by Gasteiger charge is 2.23. The van der Waals surface area contributed by atoms with Crippen LogP contribution in [0.4, 0.5) is 0 Å². The van der Waals surface area contributed by atoms with Crippen molar-refractivity contribution in [3.8, 4) is 0 Å². The molecule has 0 aromatic heterocycles. The Morgan fingerprint density at radius 2 is 1.78 bits per heavy atom. The molecule has 3 atom stereocenters. The summed E-state index contributed by atoms with van der Waals surface area (Å²) < 4.78 is 0. The lowest BCUT2D eigenvalue weighted by molar-refractivity contribution is -0.122. The smallest absolute Gasteiger partial charge is 0.220 e. The van der Waals surface area contributed by atoms with Crippen LogP contribution >= 0.6 is 0 Å². The fourth-order valence-corrected chi connectivity index (χ4v) is 3.08. The lowest BCUT2D eigenvalue weighted by atomic mass is 9.92. The molecule has 3 heteroatoms. The Morgan fingerprint density at radius 3 is 2.28 bits per heavy atom.